The molecule has 2 N–H and O–H groups in total. The van der Waals surface area contributed by atoms with Gasteiger partial charge in [-0.25, -0.2) is 9.38 Å². The number of aliphatic imine (C=N–C) groups is 1. The van der Waals surface area contributed by atoms with E-state index in [1.54, 1.807) is 12.1 Å². The topological polar surface area (TPSA) is 36.4 Å². The minimum atomic E-state index is -0.215. The molecule has 0 spiro atoms. The van der Waals surface area contributed by atoms with Crippen LogP contribution < -0.4 is 10.6 Å². The van der Waals surface area contributed by atoms with E-state index in [1.807, 2.05) is 6.92 Å². The Kier molecular flexibility index (Phi) is 9.55. The third-order valence-electron chi connectivity index (χ3n) is 2.67. The third-order valence-corrected chi connectivity index (χ3v) is 2.67. The van der Waals surface area contributed by atoms with E-state index in [0.717, 1.165) is 24.5 Å². The highest BCUT2D eigenvalue weighted by atomic mass is 127. The molecule has 3 nitrogen and oxygen atoms in total. The Morgan fingerprint density at radius 3 is 2.42 bits per heavy atom. The van der Waals surface area contributed by atoms with E-state index in [4.69, 9.17) is 0 Å². The normalized spacial score (nSPS) is 12.5. The molecule has 5 heteroatoms. The molecular formula is C14H23FIN3. The summed E-state index contributed by atoms with van der Waals surface area (Å²) in [7, 11) is 0. The molecule has 0 amide bonds. The summed E-state index contributed by atoms with van der Waals surface area (Å²) in [6.07, 6.45) is 1.04. The summed E-state index contributed by atoms with van der Waals surface area (Å²) in [6.45, 7) is 7.65. The molecule has 0 aromatic heterocycles. The van der Waals surface area contributed by atoms with Crippen LogP contribution in [0.25, 0.3) is 0 Å². The van der Waals surface area contributed by atoms with Gasteiger partial charge in [-0.15, -0.1) is 24.0 Å². The molecule has 1 aromatic carbocycles. The van der Waals surface area contributed by atoms with E-state index in [0.29, 0.717) is 12.6 Å². The van der Waals surface area contributed by atoms with E-state index in [2.05, 4.69) is 29.5 Å². The number of hydrogen-bond acceptors (Lipinski definition) is 1. The van der Waals surface area contributed by atoms with Gasteiger partial charge in [0, 0.05) is 12.6 Å². The average molecular weight is 379 g/mol. The maximum absolute atomic E-state index is 12.8. The van der Waals surface area contributed by atoms with E-state index in [9.17, 15) is 4.39 Å². The fourth-order valence-electron chi connectivity index (χ4n) is 1.42. The molecule has 0 aliphatic heterocycles. The highest BCUT2D eigenvalue weighted by Crippen LogP contribution is 2.03. The van der Waals surface area contributed by atoms with Gasteiger partial charge in [-0.1, -0.05) is 19.1 Å². The molecule has 1 rings (SSSR count). The molecule has 0 radical (unpaired) electrons. The number of benzene rings is 1. The Morgan fingerprint density at radius 2 is 1.89 bits per heavy atom. The Bertz CT molecular complexity index is 379. The zero-order valence-corrected chi connectivity index (χ0v) is 14.1. The van der Waals surface area contributed by atoms with Crippen LogP contribution in [-0.2, 0) is 6.54 Å². The number of halogens is 2. The summed E-state index contributed by atoms with van der Waals surface area (Å²) in [4.78, 5) is 4.47. The van der Waals surface area contributed by atoms with Gasteiger partial charge >= 0.3 is 0 Å². The maximum Gasteiger partial charge on any atom is 0.191 e. The maximum atomic E-state index is 12.8. The molecule has 108 valence electrons. The number of nitrogens with one attached hydrogen (secondary N) is 2. The molecule has 0 saturated heterocycles. The summed E-state index contributed by atoms with van der Waals surface area (Å²) in [5.41, 5.74) is 0.998. The van der Waals surface area contributed by atoms with Gasteiger partial charge < -0.3 is 10.6 Å². The van der Waals surface area contributed by atoms with Crippen LogP contribution in [0.3, 0.4) is 0 Å². The average Bonchev–Trinajstić information content (AvgIpc) is 2.38. The van der Waals surface area contributed by atoms with E-state index >= 15 is 0 Å². The lowest BCUT2D eigenvalue weighted by atomic mass is 10.2. The first kappa shape index (κ1) is 18.1. The fourth-order valence-corrected chi connectivity index (χ4v) is 1.42. The van der Waals surface area contributed by atoms with Crippen molar-refractivity contribution >= 4 is 29.9 Å². The van der Waals surface area contributed by atoms with Crippen molar-refractivity contribution < 1.29 is 4.39 Å². The monoisotopic (exact) mass is 379 g/mol. The summed E-state index contributed by atoms with van der Waals surface area (Å²) in [5, 5.41) is 6.51. The second kappa shape index (κ2) is 10.00. The molecule has 1 atom stereocenters. The smallest absolute Gasteiger partial charge is 0.191 e. The Morgan fingerprint density at radius 1 is 1.26 bits per heavy atom. The van der Waals surface area contributed by atoms with Crippen molar-refractivity contribution in [3.8, 4) is 0 Å². The number of nitrogens with zero attached hydrogens (tertiary/aromatic N) is 1. The Labute approximate surface area is 132 Å². The minimum absolute atomic E-state index is 0. The Balaban J connectivity index is 0.00000324. The first-order valence-electron chi connectivity index (χ1n) is 6.45. The quantitative estimate of drug-likeness (QED) is 0.468. The molecule has 0 saturated carbocycles. The Hall–Kier alpha value is -0.850. The van der Waals surface area contributed by atoms with Crippen molar-refractivity contribution in [2.24, 2.45) is 4.99 Å². The van der Waals surface area contributed by atoms with Gasteiger partial charge in [0.2, 0.25) is 0 Å². The molecule has 0 aliphatic carbocycles. The zero-order valence-electron chi connectivity index (χ0n) is 11.7. The van der Waals surface area contributed by atoms with Crippen LogP contribution in [0, 0.1) is 5.82 Å². The molecule has 0 fully saturated rings. The van der Waals surface area contributed by atoms with Crippen LogP contribution in [0.15, 0.2) is 29.3 Å². The van der Waals surface area contributed by atoms with Crippen molar-refractivity contribution in [3.05, 3.63) is 35.6 Å². The summed E-state index contributed by atoms with van der Waals surface area (Å²) >= 11 is 0. The molecular weight excluding hydrogens is 356 g/mol. The lowest BCUT2D eigenvalue weighted by Crippen LogP contribution is -2.41. The highest BCUT2D eigenvalue weighted by molar-refractivity contribution is 14.0. The van der Waals surface area contributed by atoms with Gasteiger partial charge in [-0.05, 0) is 38.0 Å². The first-order chi connectivity index (χ1) is 8.65. The number of rotatable bonds is 5. The number of guanidine groups is 1. The van der Waals surface area contributed by atoms with E-state index < -0.39 is 0 Å². The molecule has 0 aliphatic rings. The van der Waals surface area contributed by atoms with Crippen LogP contribution >= 0.6 is 24.0 Å². The predicted octanol–water partition coefficient (Wildman–Crippen LogP) is 3.30. The van der Waals surface area contributed by atoms with Crippen molar-refractivity contribution in [3.63, 3.8) is 0 Å². The second-order valence-corrected chi connectivity index (χ2v) is 4.28. The molecule has 1 unspecified atom stereocenters. The SMILES string of the molecule is CCNC(=NCc1ccc(F)cc1)NC(C)CC.I. The van der Waals surface area contributed by atoms with Gasteiger partial charge in [-0.3, -0.25) is 0 Å². The number of hydrogen-bond donors (Lipinski definition) is 2. The van der Waals surface area contributed by atoms with Crippen molar-refractivity contribution in [1.82, 2.24) is 10.6 Å². The summed E-state index contributed by atoms with van der Waals surface area (Å²) in [6, 6.07) is 6.81. The third kappa shape index (κ3) is 7.34. The summed E-state index contributed by atoms with van der Waals surface area (Å²) < 4.78 is 12.8. The lowest BCUT2D eigenvalue weighted by molar-refractivity contribution is 0.623. The first-order valence-corrected chi connectivity index (χ1v) is 6.45. The van der Waals surface area contributed by atoms with Gasteiger partial charge in [0.05, 0.1) is 6.54 Å². The fraction of sp³-hybridized carbons (Fsp3) is 0.500. The molecule has 1 aromatic rings. The molecule has 19 heavy (non-hydrogen) atoms. The zero-order chi connectivity index (χ0) is 13.4. The second-order valence-electron chi connectivity index (χ2n) is 4.28. The van der Waals surface area contributed by atoms with Crippen molar-refractivity contribution in [2.75, 3.05) is 6.54 Å². The predicted molar refractivity (Wildman–Crippen MR) is 89.5 cm³/mol. The minimum Gasteiger partial charge on any atom is -0.357 e. The lowest BCUT2D eigenvalue weighted by Gasteiger charge is -2.16. The summed E-state index contributed by atoms with van der Waals surface area (Å²) in [5.74, 6) is 0.587. The van der Waals surface area contributed by atoms with Gasteiger partial charge in [0.25, 0.3) is 0 Å². The highest BCUT2D eigenvalue weighted by Gasteiger charge is 2.02. The van der Waals surface area contributed by atoms with Crippen molar-refractivity contribution in [2.45, 2.75) is 39.8 Å². The van der Waals surface area contributed by atoms with Crippen LogP contribution in [0.4, 0.5) is 4.39 Å². The van der Waals surface area contributed by atoms with Gasteiger partial charge in [-0.2, -0.15) is 0 Å². The van der Waals surface area contributed by atoms with Crippen LogP contribution in [0.5, 0.6) is 0 Å². The van der Waals surface area contributed by atoms with Crippen molar-refractivity contribution in [1.29, 1.82) is 0 Å². The standard InChI is InChI=1S/C14H22FN3.HI/c1-4-11(3)18-14(16-5-2)17-10-12-6-8-13(15)9-7-12;/h6-9,11H,4-5,10H2,1-3H3,(H2,16,17,18);1H. The van der Waals surface area contributed by atoms with Gasteiger partial charge in [0.1, 0.15) is 5.82 Å². The van der Waals surface area contributed by atoms with Crippen LogP contribution in [0.1, 0.15) is 32.8 Å². The van der Waals surface area contributed by atoms with Gasteiger partial charge in [0.15, 0.2) is 5.96 Å². The molecule has 0 heterocycles. The van der Waals surface area contributed by atoms with Crippen LogP contribution in [0.2, 0.25) is 0 Å². The molecule has 0 bridgehead atoms. The van der Waals surface area contributed by atoms with E-state index in [1.165, 1.54) is 12.1 Å². The van der Waals surface area contributed by atoms with E-state index in [-0.39, 0.29) is 29.8 Å². The van der Waals surface area contributed by atoms with Crippen LogP contribution in [-0.4, -0.2) is 18.5 Å². The largest absolute Gasteiger partial charge is 0.357 e.